The van der Waals surface area contributed by atoms with Crippen LogP contribution < -0.4 is 15.2 Å². The molecule has 0 bridgehead atoms. The summed E-state index contributed by atoms with van der Waals surface area (Å²) in [4.78, 5) is 0.247. The third-order valence-electron chi connectivity index (χ3n) is 3.57. The highest BCUT2D eigenvalue weighted by Crippen LogP contribution is 2.24. The number of hydrogen-bond donors (Lipinski definition) is 2. The average Bonchev–Trinajstić information content (AvgIpc) is 2.40. The van der Waals surface area contributed by atoms with E-state index in [2.05, 4.69) is 4.72 Å². The Labute approximate surface area is 126 Å². The number of sulfonamides is 1. The Hall–Kier alpha value is -1.11. The second kappa shape index (κ2) is 6.77. The van der Waals surface area contributed by atoms with Crippen molar-refractivity contribution in [3.63, 3.8) is 0 Å². The monoisotopic (exact) mass is 312 g/mol. The summed E-state index contributed by atoms with van der Waals surface area (Å²) < 4.78 is 32.5. The van der Waals surface area contributed by atoms with Crippen molar-refractivity contribution < 1.29 is 13.2 Å². The van der Waals surface area contributed by atoms with E-state index in [1.807, 2.05) is 0 Å². The van der Waals surface area contributed by atoms with Gasteiger partial charge in [-0.05, 0) is 57.4 Å². The van der Waals surface area contributed by atoms with Crippen molar-refractivity contribution in [2.45, 2.75) is 62.6 Å². The number of rotatable bonds is 5. The van der Waals surface area contributed by atoms with Gasteiger partial charge in [0.05, 0.1) is 4.90 Å². The van der Waals surface area contributed by atoms with Crippen LogP contribution in [0.25, 0.3) is 0 Å². The van der Waals surface area contributed by atoms with Crippen LogP contribution in [0.5, 0.6) is 5.75 Å². The molecule has 3 N–H and O–H groups in total. The zero-order chi connectivity index (χ0) is 15.5. The van der Waals surface area contributed by atoms with Crippen molar-refractivity contribution >= 4 is 10.0 Å². The standard InChI is InChI=1S/C15H24N2O3S/c1-11(2)17-21(18,19)13-9-7-12(8-10-13)20-15-6-4-3-5-14(15)16/h7-11,14-15,17H,3-6,16H2,1-2H3. The van der Waals surface area contributed by atoms with Crippen molar-refractivity contribution in [3.05, 3.63) is 24.3 Å². The SMILES string of the molecule is CC(C)NS(=O)(=O)c1ccc(OC2CCCCC2N)cc1. The van der Waals surface area contributed by atoms with Crippen LogP contribution in [0.4, 0.5) is 0 Å². The zero-order valence-corrected chi connectivity index (χ0v) is 13.4. The molecule has 2 atom stereocenters. The first kappa shape index (κ1) is 16.3. The maximum atomic E-state index is 12.0. The van der Waals surface area contributed by atoms with Crippen LogP contribution in [0.1, 0.15) is 39.5 Å². The van der Waals surface area contributed by atoms with Gasteiger partial charge in [0, 0.05) is 12.1 Å². The lowest BCUT2D eigenvalue weighted by Gasteiger charge is -2.29. The molecule has 1 saturated carbocycles. The van der Waals surface area contributed by atoms with Gasteiger partial charge in [0.25, 0.3) is 0 Å². The number of hydrogen-bond acceptors (Lipinski definition) is 4. The van der Waals surface area contributed by atoms with Gasteiger partial charge in [-0.2, -0.15) is 0 Å². The fourth-order valence-corrected chi connectivity index (χ4v) is 3.77. The molecule has 6 heteroatoms. The highest BCUT2D eigenvalue weighted by atomic mass is 32.2. The maximum absolute atomic E-state index is 12.0. The predicted molar refractivity (Wildman–Crippen MR) is 82.8 cm³/mol. The van der Waals surface area contributed by atoms with Crippen LogP contribution in [0, 0.1) is 0 Å². The van der Waals surface area contributed by atoms with Gasteiger partial charge in [0.2, 0.25) is 10.0 Å². The maximum Gasteiger partial charge on any atom is 0.240 e. The second-order valence-electron chi connectivity index (χ2n) is 5.85. The Kier molecular flexibility index (Phi) is 5.24. The number of nitrogens with one attached hydrogen (secondary N) is 1. The van der Waals surface area contributed by atoms with E-state index in [1.54, 1.807) is 38.1 Å². The summed E-state index contributed by atoms with van der Waals surface area (Å²) >= 11 is 0. The molecule has 0 saturated heterocycles. The molecule has 1 aromatic carbocycles. The molecule has 0 radical (unpaired) electrons. The van der Waals surface area contributed by atoms with E-state index >= 15 is 0 Å². The summed E-state index contributed by atoms with van der Waals surface area (Å²) in [6.07, 6.45) is 4.24. The van der Waals surface area contributed by atoms with E-state index in [4.69, 9.17) is 10.5 Å². The topological polar surface area (TPSA) is 81.4 Å². The van der Waals surface area contributed by atoms with Gasteiger partial charge in [0.1, 0.15) is 11.9 Å². The minimum atomic E-state index is -3.45. The van der Waals surface area contributed by atoms with Crippen molar-refractivity contribution in [1.29, 1.82) is 0 Å². The molecule has 0 amide bonds. The summed E-state index contributed by atoms with van der Waals surface area (Å²) in [5.74, 6) is 0.667. The summed E-state index contributed by atoms with van der Waals surface area (Å²) in [5, 5.41) is 0. The van der Waals surface area contributed by atoms with Crippen LogP contribution in [0.2, 0.25) is 0 Å². The molecule has 0 heterocycles. The van der Waals surface area contributed by atoms with Gasteiger partial charge in [-0.3, -0.25) is 0 Å². The fourth-order valence-electron chi connectivity index (χ4n) is 2.52. The molecular weight excluding hydrogens is 288 g/mol. The molecule has 1 aromatic rings. The Morgan fingerprint density at radius 2 is 1.81 bits per heavy atom. The smallest absolute Gasteiger partial charge is 0.240 e. The summed E-state index contributed by atoms with van der Waals surface area (Å²) in [5.41, 5.74) is 6.05. The Morgan fingerprint density at radius 3 is 2.38 bits per heavy atom. The second-order valence-corrected chi connectivity index (χ2v) is 7.57. The largest absolute Gasteiger partial charge is 0.489 e. The normalized spacial score (nSPS) is 23.2. The molecule has 1 fully saturated rings. The van der Waals surface area contributed by atoms with Gasteiger partial charge in [-0.15, -0.1) is 0 Å². The molecule has 1 aliphatic rings. The Morgan fingerprint density at radius 1 is 1.19 bits per heavy atom. The highest BCUT2D eigenvalue weighted by molar-refractivity contribution is 7.89. The molecule has 21 heavy (non-hydrogen) atoms. The molecule has 2 unspecified atom stereocenters. The van der Waals surface area contributed by atoms with E-state index < -0.39 is 10.0 Å². The van der Waals surface area contributed by atoms with Gasteiger partial charge in [0.15, 0.2) is 0 Å². The van der Waals surface area contributed by atoms with Crippen LogP contribution in [-0.4, -0.2) is 26.6 Å². The summed E-state index contributed by atoms with van der Waals surface area (Å²) in [6, 6.07) is 6.44. The Bertz CT molecular complexity index is 555. The third kappa shape index (κ3) is 4.43. The van der Waals surface area contributed by atoms with Crippen molar-refractivity contribution in [2.24, 2.45) is 5.73 Å². The molecule has 0 spiro atoms. The van der Waals surface area contributed by atoms with Gasteiger partial charge < -0.3 is 10.5 Å². The van der Waals surface area contributed by atoms with Gasteiger partial charge >= 0.3 is 0 Å². The number of nitrogens with two attached hydrogens (primary N) is 1. The van der Waals surface area contributed by atoms with E-state index in [0.29, 0.717) is 5.75 Å². The van der Waals surface area contributed by atoms with Gasteiger partial charge in [-0.1, -0.05) is 6.42 Å². The lowest BCUT2D eigenvalue weighted by Crippen LogP contribution is -2.41. The number of ether oxygens (including phenoxy) is 1. The molecule has 0 aliphatic heterocycles. The van der Waals surface area contributed by atoms with Crippen molar-refractivity contribution in [1.82, 2.24) is 4.72 Å². The van der Waals surface area contributed by atoms with E-state index in [1.165, 1.54) is 0 Å². The van der Waals surface area contributed by atoms with E-state index in [-0.39, 0.29) is 23.1 Å². The molecule has 118 valence electrons. The van der Waals surface area contributed by atoms with Crippen LogP contribution in [0.3, 0.4) is 0 Å². The number of benzene rings is 1. The van der Waals surface area contributed by atoms with Crippen LogP contribution in [0.15, 0.2) is 29.2 Å². The molecule has 2 rings (SSSR count). The Balaban J connectivity index is 2.05. The fraction of sp³-hybridized carbons (Fsp3) is 0.600. The summed E-state index contributed by atoms with van der Waals surface area (Å²) in [6.45, 7) is 3.58. The average molecular weight is 312 g/mol. The molecular formula is C15H24N2O3S. The predicted octanol–water partition coefficient (Wildman–Crippen LogP) is 2.02. The van der Waals surface area contributed by atoms with Crippen LogP contribution >= 0.6 is 0 Å². The summed E-state index contributed by atoms with van der Waals surface area (Å²) in [7, 11) is -3.45. The quantitative estimate of drug-likeness (QED) is 0.871. The first-order valence-corrected chi connectivity index (χ1v) is 8.91. The minimum Gasteiger partial charge on any atom is -0.489 e. The third-order valence-corrected chi connectivity index (χ3v) is 5.24. The lowest BCUT2D eigenvalue weighted by atomic mass is 9.93. The van der Waals surface area contributed by atoms with Crippen molar-refractivity contribution in [3.8, 4) is 5.75 Å². The van der Waals surface area contributed by atoms with E-state index in [9.17, 15) is 8.42 Å². The molecule has 0 aromatic heterocycles. The molecule has 1 aliphatic carbocycles. The van der Waals surface area contributed by atoms with Crippen LogP contribution in [-0.2, 0) is 10.0 Å². The first-order valence-electron chi connectivity index (χ1n) is 7.43. The van der Waals surface area contributed by atoms with Gasteiger partial charge in [-0.25, -0.2) is 13.1 Å². The minimum absolute atomic E-state index is 0.0231. The lowest BCUT2D eigenvalue weighted by molar-refractivity contribution is 0.132. The molecule has 5 nitrogen and oxygen atoms in total. The highest BCUT2D eigenvalue weighted by Gasteiger charge is 2.23. The first-order chi connectivity index (χ1) is 9.88. The van der Waals surface area contributed by atoms with Crippen molar-refractivity contribution in [2.75, 3.05) is 0 Å². The zero-order valence-electron chi connectivity index (χ0n) is 12.6. The van der Waals surface area contributed by atoms with E-state index in [0.717, 1.165) is 25.7 Å².